The van der Waals surface area contributed by atoms with Crippen molar-refractivity contribution in [3.63, 3.8) is 0 Å². The molecule has 4 heterocycles. The first-order valence-corrected chi connectivity index (χ1v) is 15.0. The lowest BCUT2D eigenvalue weighted by molar-refractivity contribution is 0.0513. The Morgan fingerprint density at radius 2 is 1.29 bits per heavy atom. The van der Waals surface area contributed by atoms with Gasteiger partial charge in [0.2, 0.25) is 0 Å². The molecule has 3 aliphatic rings. The maximum Gasteiger partial charge on any atom is 0.265 e. The van der Waals surface area contributed by atoms with Gasteiger partial charge in [-0.1, -0.05) is 54.9 Å². The first kappa shape index (κ1) is 27.2. The number of aromatic nitrogens is 2. The van der Waals surface area contributed by atoms with Gasteiger partial charge in [-0.05, 0) is 43.0 Å². The van der Waals surface area contributed by atoms with Crippen LogP contribution < -0.4 is 10.9 Å². The van der Waals surface area contributed by atoms with Gasteiger partial charge in [-0.25, -0.2) is 0 Å². The molecule has 10 nitrogen and oxygen atoms in total. The minimum Gasteiger partial charge on any atom is -0.338 e. The third kappa shape index (κ3) is 6.10. The zero-order valence-corrected chi connectivity index (χ0v) is 24.0. The molecule has 2 saturated heterocycles. The number of thioether (sulfide) groups is 2. The van der Waals surface area contributed by atoms with Crippen LogP contribution >= 0.6 is 48.0 Å². The summed E-state index contributed by atoms with van der Waals surface area (Å²) in [7, 11) is 0. The van der Waals surface area contributed by atoms with Gasteiger partial charge >= 0.3 is 0 Å². The molecule has 0 radical (unpaired) electrons. The first-order valence-electron chi connectivity index (χ1n) is 12.2. The Morgan fingerprint density at radius 3 is 1.82 bits per heavy atom. The fraction of sp³-hybridized carbons (Fsp3) is 0.417. The Balaban J connectivity index is 1.27. The number of nitrogens with zero attached hydrogens (tertiary/aromatic N) is 6. The van der Waals surface area contributed by atoms with Crippen molar-refractivity contribution in [1.29, 1.82) is 0 Å². The molecule has 2 aromatic rings. The molecule has 200 valence electrons. The van der Waals surface area contributed by atoms with E-state index in [4.69, 9.17) is 24.4 Å². The minimum absolute atomic E-state index is 0.116. The van der Waals surface area contributed by atoms with E-state index in [0.717, 1.165) is 21.5 Å². The summed E-state index contributed by atoms with van der Waals surface area (Å²) < 4.78 is 1.64. The van der Waals surface area contributed by atoms with Crippen molar-refractivity contribution in [2.45, 2.75) is 31.8 Å². The Labute approximate surface area is 240 Å². The normalized spacial score (nSPS) is 24.9. The van der Waals surface area contributed by atoms with Crippen LogP contribution in [0.3, 0.4) is 0 Å². The van der Waals surface area contributed by atoms with Gasteiger partial charge in [0.15, 0.2) is 0 Å². The van der Waals surface area contributed by atoms with Gasteiger partial charge in [0, 0.05) is 35.9 Å². The molecular formula is C24H28N8O2S4. The van der Waals surface area contributed by atoms with Crippen LogP contribution in [0.25, 0.3) is 0 Å². The van der Waals surface area contributed by atoms with E-state index >= 15 is 0 Å². The summed E-state index contributed by atoms with van der Waals surface area (Å²) in [5.74, 6) is 1.18. The van der Waals surface area contributed by atoms with E-state index < -0.39 is 0 Å². The highest BCUT2D eigenvalue weighted by Crippen LogP contribution is 2.38. The highest BCUT2D eigenvalue weighted by molar-refractivity contribution is 8.23. The molecule has 3 atom stereocenters. The third-order valence-corrected chi connectivity index (χ3v) is 9.88. The number of amides is 2. The van der Waals surface area contributed by atoms with Crippen LogP contribution in [-0.4, -0.2) is 87.4 Å². The Hall–Kier alpha value is -2.36. The average Bonchev–Trinajstić information content (AvgIpc) is 3.32. The van der Waals surface area contributed by atoms with Crippen molar-refractivity contribution < 1.29 is 9.59 Å². The van der Waals surface area contributed by atoms with Crippen LogP contribution in [0, 0.1) is 5.92 Å². The molecule has 3 fully saturated rings. The molecule has 38 heavy (non-hydrogen) atoms. The van der Waals surface area contributed by atoms with Crippen molar-refractivity contribution >= 4 is 68.4 Å². The van der Waals surface area contributed by atoms with E-state index in [-0.39, 0.29) is 23.9 Å². The monoisotopic (exact) mass is 588 g/mol. The fourth-order valence-electron chi connectivity index (χ4n) is 5.02. The molecule has 14 heteroatoms. The molecule has 5 rings (SSSR count). The highest BCUT2D eigenvalue weighted by atomic mass is 32.2. The molecule has 2 aromatic heterocycles. The van der Waals surface area contributed by atoms with Gasteiger partial charge in [-0.15, -0.1) is 0 Å². The van der Waals surface area contributed by atoms with E-state index in [9.17, 15) is 9.59 Å². The lowest BCUT2D eigenvalue weighted by atomic mass is 10.0. The zero-order chi connectivity index (χ0) is 26.6. The number of hydrogen-bond acceptors (Lipinski definition) is 10. The maximum atomic E-state index is 12.8. The van der Waals surface area contributed by atoms with Crippen molar-refractivity contribution in [2.75, 3.05) is 25.1 Å². The molecule has 2 aliphatic heterocycles. The molecular weight excluding hydrogens is 561 g/mol. The second-order valence-electron chi connectivity index (χ2n) is 9.35. The summed E-state index contributed by atoms with van der Waals surface area (Å²) >= 11 is 14.7. The lowest BCUT2D eigenvalue weighted by Crippen LogP contribution is -2.62. The molecule has 3 unspecified atom stereocenters. The molecule has 0 aromatic carbocycles. The lowest BCUT2D eigenvalue weighted by Gasteiger charge is -2.48. The van der Waals surface area contributed by atoms with Crippen LogP contribution in [0.5, 0.6) is 0 Å². The van der Waals surface area contributed by atoms with Crippen molar-refractivity contribution in [2.24, 2.45) is 5.92 Å². The van der Waals surface area contributed by atoms with Gasteiger partial charge in [0.25, 0.3) is 11.8 Å². The summed E-state index contributed by atoms with van der Waals surface area (Å²) in [6.45, 7) is 3.23. The Bertz CT molecular complexity index is 1190. The van der Waals surface area contributed by atoms with Gasteiger partial charge in [0.1, 0.15) is 8.64 Å². The minimum atomic E-state index is -0.175. The Kier molecular flexibility index (Phi) is 8.75. The average molecular weight is 589 g/mol. The van der Waals surface area contributed by atoms with Crippen LogP contribution in [0.2, 0.25) is 0 Å². The maximum absolute atomic E-state index is 12.8. The first-order chi connectivity index (χ1) is 18.4. The predicted molar refractivity (Wildman–Crippen MR) is 157 cm³/mol. The zero-order valence-electron chi connectivity index (χ0n) is 20.7. The van der Waals surface area contributed by atoms with E-state index in [1.54, 1.807) is 72.6 Å². The van der Waals surface area contributed by atoms with Crippen LogP contribution in [0.1, 0.15) is 40.5 Å². The quantitative estimate of drug-likeness (QED) is 0.486. The SMILES string of the molecule is CC1CCC(N2CN(NC(=O)c3ccncc3)CSC2=S)C1N1CN(NC(=O)c2ccncc2)CSC1=S. The van der Waals surface area contributed by atoms with Gasteiger partial charge in [-0.2, -0.15) is 10.0 Å². The summed E-state index contributed by atoms with van der Waals surface area (Å²) in [5, 5.41) is 3.80. The van der Waals surface area contributed by atoms with Gasteiger partial charge in [0.05, 0.1) is 37.2 Å². The second-order valence-corrected chi connectivity index (χ2v) is 12.5. The summed E-state index contributed by atoms with van der Waals surface area (Å²) in [4.78, 5) is 37.9. The second kappa shape index (κ2) is 12.2. The number of thiocarbonyl (C=S) groups is 2. The van der Waals surface area contributed by atoms with Crippen molar-refractivity contribution in [1.82, 2.24) is 40.6 Å². The Morgan fingerprint density at radius 1 is 0.816 bits per heavy atom. The molecule has 2 amide bonds. The fourth-order valence-corrected chi connectivity index (χ4v) is 7.24. The van der Waals surface area contributed by atoms with Crippen molar-refractivity contribution in [3.05, 3.63) is 60.2 Å². The van der Waals surface area contributed by atoms with Crippen LogP contribution in [-0.2, 0) is 0 Å². The smallest absolute Gasteiger partial charge is 0.265 e. The largest absolute Gasteiger partial charge is 0.338 e. The topological polar surface area (TPSA) is 96.9 Å². The molecule has 0 spiro atoms. The number of carbonyl (C=O) groups is 2. The third-order valence-electron chi connectivity index (χ3n) is 6.86. The highest BCUT2D eigenvalue weighted by Gasteiger charge is 2.45. The van der Waals surface area contributed by atoms with E-state index in [1.165, 1.54) is 0 Å². The molecule has 1 aliphatic carbocycles. The summed E-state index contributed by atoms with van der Waals surface area (Å²) in [5.41, 5.74) is 7.13. The number of hydrazine groups is 2. The molecule has 0 bridgehead atoms. The van der Waals surface area contributed by atoms with Gasteiger partial charge < -0.3 is 9.80 Å². The number of pyridine rings is 2. The van der Waals surface area contributed by atoms with Crippen molar-refractivity contribution in [3.8, 4) is 0 Å². The molecule has 1 saturated carbocycles. The summed E-state index contributed by atoms with van der Waals surface area (Å²) in [6, 6.07) is 7.01. The van der Waals surface area contributed by atoms with Crippen LogP contribution in [0.4, 0.5) is 0 Å². The summed E-state index contributed by atoms with van der Waals surface area (Å²) in [6.07, 6.45) is 8.42. The molecule has 2 N–H and O–H groups in total. The standard InChI is InChI=1S/C24H28N8O2S4/c1-16-2-3-19(31-12-29(14-37-23(31)35)27-21(33)17-4-8-25-9-5-17)20(16)32-13-30(15-38-24(32)36)28-22(34)18-6-10-26-11-7-18/h4-11,16,19-20H,2-3,12-15H2,1H3,(H,27,33)(H,28,34). The van der Waals surface area contributed by atoms with E-state index in [1.807, 2.05) is 10.0 Å². The van der Waals surface area contributed by atoms with Crippen LogP contribution in [0.15, 0.2) is 49.1 Å². The number of nitrogens with one attached hydrogen (secondary N) is 2. The number of rotatable bonds is 6. The number of hydrogen-bond donors (Lipinski definition) is 2. The van der Waals surface area contributed by atoms with E-state index in [2.05, 4.69) is 37.5 Å². The predicted octanol–water partition coefficient (Wildman–Crippen LogP) is 2.73. The number of carbonyl (C=O) groups excluding carboxylic acids is 2. The van der Waals surface area contributed by atoms with E-state index in [0.29, 0.717) is 42.1 Å². The van der Waals surface area contributed by atoms with Gasteiger partial charge in [-0.3, -0.25) is 30.4 Å².